The zero-order chi connectivity index (χ0) is 29.1. The molecule has 0 N–H and O–H groups in total. The summed E-state index contributed by atoms with van der Waals surface area (Å²) in [6.45, 7) is 3.00. The summed E-state index contributed by atoms with van der Waals surface area (Å²) in [5.74, 6) is 0.152. The topological polar surface area (TPSA) is 146 Å². The fourth-order valence-corrected chi connectivity index (χ4v) is 6.95. The van der Waals surface area contributed by atoms with Gasteiger partial charge in [-0.25, -0.2) is 13.2 Å². The molecule has 15 heteroatoms. The number of sulfonamides is 1. The minimum absolute atomic E-state index is 0.0307. The van der Waals surface area contributed by atoms with E-state index in [2.05, 4.69) is 4.99 Å². The van der Waals surface area contributed by atoms with Crippen LogP contribution in [-0.2, 0) is 30.8 Å². The van der Waals surface area contributed by atoms with Crippen molar-refractivity contribution in [3.63, 3.8) is 0 Å². The second-order valence-electron chi connectivity index (χ2n) is 9.07. The number of amides is 2. The first-order chi connectivity index (χ1) is 19.7. The molecule has 5 rings (SSSR count). The number of carbonyl (C=O) groups is 3. The molecular weight excluding hydrogens is 576 g/mol. The number of nitrogens with zero attached hydrogens (tertiary/aromatic N) is 4. The number of methoxy groups -OCH3 is 1. The first-order valence-electron chi connectivity index (χ1n) is 12.8. The lowest BCUT2D eigenvalue weighted by Crippen LogP contribution is -2.50. The molecular formula is C26H28N4O9S2. The van der Waals surface area contributed by atoms with Gasteiger partial charge in [-0.1, -0.05) is 11.3 Å². The van der Waals surface area contributed by atoms with Crippen LogP contribution in [0.5, 0.6) is 11.5 Å². The molecule has 3 aromatic rings. The molecule has 41 heavy (non-hydrogen) atoms. The molecule has 2 amide bonds. The number of hydrogen-bond donors (Lipinski definition) is 0. The molecule has 0 aliphatic carbocycles. The van der Waals surface area contributed by atoms with Gasteiger partial charge < -0.3 is 28.4 Å². The number of fused-ring (bicyclic) bond motifs is 2. The van der Waals surface area contributed by atoms with E-state index >= 15 is 0 Å². The molecule has 218 valence electrons. The monoisotopic (exact) mass is 604 g/mol. The number of thiazole rings is 1. The van der Waals surface area contributed by atoms with Crippen LogP contribution in [0.15, 0.2) is 46.3 Å². The Hall–Kier alpha value is -3.95. The van der Waals surface area contributed by atoms with Crippen LogP contribution < -0.4 is 14.3 Å². The highest BCUT2D eigenvalue weighted by molar-refractivity contribution is 7.89. The van der Waals surface area contributed by atoms with Crippen LogP contribution in [0.4, 0.5) is 4.79 Å². The van der Waals surface area contributed by atoms with Gasteiger partial charge in [0.05, 0.1) is 35.2 Å². The van der Waals surface area contributed by atoms with Crippen molar-refractivity contribution in [2.45, 2.75) is 24.8 Å². The smallest absolute Gasteiger partial charge is 0.409 e. The third-order valence-corrected chi connectivity index (χ3v) is 9.60. The zero-order valence-corrected chi connectivity index (χ0v) is 24.0. The van der Waals surface area contributed by atoms with E-state index in [9.17, 15) is 22.8 Å². The predicted octanol–water partition coefficient (Wildman–Crippen LogP) is 2.20. The van der Waals surface area contributed by atoms with Crippen molar-refractivity contribution in [3.8, 4) is 11.5 Å². The lowest BCUT2D eigenvalue weighted by atomic mass is 10.2. The largest absolute Gasteiger partial charge is 0.469 e. The third-order valence-electron chi connectivity index (χ3n) is 6.65. The van der Waals surface area contributed by atoms with E-state index in [0.29, 0.717) is 16.3 Å². The van der Waals surface area contributed by atoms with Crippen LogP contribution >= 0.6 is 11.3 Å². The molecule has 2 aliphatic rings. The number of carbonyl (C=O) groups excluding carboxylic acids is 3. The van der Waals surface area contributed by atoms with Crippen molar-refractivity contribution in [2.24, 2.45) is 4.99 Å². The summed E-state index contributed by atoms with van der Waals surface area (Å²) in [5, 5.41) is 0. The normalized spacial score (nSPS) is 15.8. The van der Waals surface area contributed by atoms with Gasteiger partial charge >= 0.3 is 12.1 Å². The summed E-state index contributed by atoms with van der Waals surface area (Å²) in [5.41, 5.74) is 0.918. The van der Waals surface area contributed by atoms with Crippen LogP contribution in [0.1, 0.15) is 23.7 Å². The highest BCUT2D eigenvalue weighted by Crippen LogP contribution is 2.37. The van der Waals surface area contributed by atoms with Crippen molar-refractivity contribution >= 4 is 49.5 Å². The number of aryl methyl sites for hydroxylation is 1. The van der Waals surface area contributed by atoms with Crippen molar-refractivity contribution in [3.05, 3.63) is 46.8 Å². The molecule has 1 saturated heterocycles. The van der Waals surface area contributed by atoms with E-state index in [1.807, 2.05) is 0 Å². The van der Waals surface area contributed by atoms with Gasteiger partial charge in [0.1, 0.15) is 0 Å². The van der Waals surface area contributed by atoms with Crippen molar-refractivity contribution in [2.75, 3.05) is 46.7 Å². The summed E-state index contributed by atoms with van der Waals surface area (Å²) in [6.07, 6.45) is -0.397. The second-order valence-corrected chi connectivity index (χ2v) is 12.0. The number of benzene rings is 2. The van der Waals surface area contributed by atoms with E-state index in [1.54, 1.807) is 23.6 Å². The standard InChI is InChI=1S/C26H28N4O9S2/c1-3-37-26(33)28-10-12-29(13-11-28)41(34,35)18-6-4-17(5-7-18)24(32)27-25-30(9-8-23(31)36-2)19-14-20-21(39-16-38-20)15-22(19)40-25/h4-7,14-15H,3,8-13,16H2,1-2H3. The molecule has 13 nitrogen and oxygen atoms in total. The maximum atomic E-state index is 13.2. The number of ether oxygens (including phenoxy) is 4. The fraction of sp³-hybridized carbons (Fsp3) is 0.385. The minimum Gasteiger partial charge on any atom is -0.469 e. The van der Waals surface area contributed by atoms with Gasteiger partial charge in [0.25, 0.3) is 5.91 Å². The maximum Gasteiger partial charge on any atom is 0.409 e. The molecule has 2 aliphatic heterocycles. The maximum absolute atomic E-state index is 13.2. The number of hydrogen-bond acceptors (Lipinski definition) is 10. The van der Waals surface area contributed by atoms with Crippen molar-refractivity contribution in [1.82, 2.24) is 13.8 Å². The van der Waals surface area contributed by atoms with E-state index in [4.69, 9.17) is 18.9 Å². The van der Waals surface area contributed by atoms with Crippen LogP contribution in [0.25, 0.3) is 10.2 Å². The van der Waals surface area contributed by atoms with Gasteiger partial charge in [0, 0.05) is 50.4 Å². The Morgan fingerprint density at radius 2 is 1.71 bits per heavy atom. The summed E-state index contributed by atoms with van der Waals surface area (Å²) in [4.78, 5) is 43.0. The molecule has 1 aromatic heterocycles. The number of aromatic nitrogens is 1. The minimum atomic E-state index is -3.83. The highest BCUT2D eigenvalue weighted by Gasteiger charge is 2.30. The van der Waals surface area contributed by atoms with Crippen LogP contribution in [0, 0.1) is 0 Å². The summed E-state index contributed by atoms with van der Waals surface area (Å²) >= 11 is 1.25. The third kappa shape index (κ3) is 5.92. The fourth-order valence-electron chi connectivity index (χ4n) is 4.46. The average Bonchev–Trinajstić information content (AvgIpc) is 3.57. The van der Waals surface area contributed by atoms with Gasteiger partial charge in [0.15, 0.2) is 16.3 Å². The Bertz CT molecular complexity index is 1650. The SMILES string of the molecule is CCOC(=O)N1CCN(S(=O)(=O)c2ccc(C(=O)N=c3sc4cc5c(cc4n3CCC(=O)OC)OCO5)cc2)CC1. The van der Waals surface area contributed by atoms with Gasteiger partial charge in [-0.15, -0.1) is 0 Å². The lowest BCUT2D eigenvalue weighted by Gasteiger charge is -2.33. The van der Waals surface area contributed by atoms with Crippen molar-refractivity contribution < 1.29 is 41.7 Å². The molecule has 0 spiro atoms. The number of piperazine rings is 1. The zero-order valence-electron chi connectivity index (χ0n) is 22.4. The Morgan fingerprint density at radius 3 is 2.37 bits per heavy atom. The van der Waals surface area contributed by atoms with E-state index in [1.165, 1.54) is 51.9 Å². The Labute approximate surface area is 239 Å². The molecule has 0 atom stereocenters. The van der Waals surface area contributed by atoms with Gasteiger partial charge in [-0.3, -0.25) is 9.59 Å². The lowest BCUT2D eigenvalue weighted by molar-refractivity contribution is -0.140. The van der Waals surface area contributed by atoms with E-state index < -0.39 is 28.0 Å². The van der Waals surface area contributed by atoms with E-state index in [0.717, 1.165) is 10.2 Å². The molecule has 1 fully saturated rings. The molecule has 0 radical (unpaired) electrons. The molecule has 0 unspecified atom stereocenters. The molecule has 0 saturated carbocycles. The number of esters is 1. The summed E-state index contributed by atoms with van der Waals surface area (Å²) in [6, 6.07) is 9.14. The highest BCUT2D eigenvalue weighted by atomic mass is 32.2. The Morgan fingerprint density at radius 1 is 1.02 bits per heavy atom. The first kappa shape index (κ1) is 28.6. The average molecular weight is 605 g/mol. The summed E-state index contributed by atoms with van der Waals surface area (Å²) in [7, 11) is -2.52. The van der Waals surface area contributed by atoms with Gasteiger partial charge in [-0.05, 0) is 31.2 Å². The predicted molar refractivity (Wildman–Crippen MR) is 146 cm³/mol. The second kappa shape index (κ2) is 11.9. The van der Waals surface area contributed by atoms with Crippen LogP contribution in [0.3, 0.4) is 0 Å². The molecule has 3 heterocycles. The van der Waals surface area contributed by atoms with Crippen LogP contribution in [0.2, 0.25) is 0 Å². The van der Waals surface area contributed by atoms with E-state index in [-0.39, 0.29) is 63.0 Å². The first-order valence-corrected chi connectivity index (χ1v) is 15.1. The van der Waals surface area contributed by atoms with Crippen LogP contribution in [-0.4, -0.2) is 86.8 Å². The number of rotatable bonds is 7. The molecule has 0 bridgehead atoms. The van der Waals surface area contributed by atoms with Gasteiger partial charge in [0.2, 0.25) is 16.8 Å². The van der Waals surface area contributed by atoms with Crippen molar-refractivity contribution in [1.29, 1.82) is 0 Å². The Balaban J connectivity index is 1.37. The van der Waals surface area contributed by atoms with Gasteiger partial charge in [-0.2, -0.15) is 9.30 Å². The summed E-state index contributed by atoms with van der Waals surface area (Å²) < 4.78 is 50.8. The Kier molecular flexibility index (Phi) is 8.28. The quantitative estimate of drug-likeness (QED) is 0.371. The molecule has 2 aromatic carbocycles.